The van der Waals surface area contributed by atoms with E-state index in [0.29, 0.717) is 37.1 Å². The Balaban J connectivity index is 1.20. The quantitative estimate of drug-likeness (QED) is 0.325. The van der Waals surface area contributed by atoms with Gasteiger partial charge in [0.2, 0.25) is 0 Å². The van der Waals surface area contributed by atoms with Crippen molar-refractivity contribution in [1.82, 2.24) is 20.2 Å². The summed E-state index contributed by atoms with van der Waals surface area (Å²) >= 11 is 0. The molecule has 1 aliphatic heterocycles. The van der Waals surface area contributed by atoms with E-state index in [1.165, 1.54) is 12.3 Å². The Morgan fingerprint density at radius 3 is 2.44 bits per heavy atom. The molecule has 2 aromatic heterocycles. The maximum atomic E-state index is 14.4. The number of nitrogens with one attached hydrogen (secondary N) is 2. The SMILES string of the molecule is Cc1cnc(-c2c(F)cc(OCCCC3CCN(c4cc(CC(F)(F)F)[nH]n4)CC3)cc2F)[nH]1. The second-order valence-electron chi connectivity index (χ2n) is 8.64. The molecule has 34 heavy (non-hydrogen) atoms. The number of piperidine rings is 1. The van der Waals surface area contributed by atoms with Gasteiger partial charge >= 0.3 is 6.18 Å². The summed E-state index contributed by atoms with van der Waals surface area (Å²) in [6.45, 7) is 3.51. The lowest BCUT2D eigenvalue weighted by Crippen LogP contribution is -2.34. The van der Waals surface area contributed by atoms with Crippen molar-refractivity contribution in [3.05, 3.63) is 47.4 Å². The molecule has 3 heterocycles. The molecule has 1 fully saturated rings. The fourth-order valence-electron chi connectivity index (χ4n) is 4.23. The summed E-state index contributed by atoms with van der Waals surface area (Å²) in [7, 11) is 0. The van der Waals surface area contributed by atoms with Crippen LogP contribution in [-0.4, -0.2) is 46.0 Å². The zero-order valence-corrected chi connectivity index (χ0v) is 18.7. The number of rotatable bonds is 8. The van der Waals surface area contributed by atoms with Crippen molar-refractivity contribution >= 4 is 5.82 Å². The van der Waals surface area contributed by atoms with Crippen molar-refractivity contribution in [2.75, 3.05) is 24.6 Å². The molecule has 11 heteroatoms. The highest BCUT2D eigenvalue weighted by Gasteiger charge is 2.29. The number of H-pyrrole nitrogens is 2. The minimum absolute atomic E-state index is 0.0574. The predicted molar refractivity (Wildman–Crippen MR) is 117 cm³/mol. The molecule has 2 N–H and O–H groups in total. The second-order valence-corrected chi connectivity index (χ2v) is 8.64. The Morgan fingerprint density at radius 2 is 1.82 bits per heavy atom. The molecule has 0 spiro atoms. The molecule has 0 aliphatic carbocycles. The Hall–Kier alpha value is -3.11. The molecule has 4 rings (SSSR count). The average molecular weight is 483 g/mol. The van der Waals surface area contributed by atoms with Gasteiger partial charge in [0.15, 0.2) is 5.82 Å². The minimum atomic E-state index is -4.27. The van der Waals surface area contributed by atoms with Gasteiger partial charge in [0.25, 0.3) is 0 Å². The smallest absolute Gasteiger partial charge is 0.394 e. The number of benzene rings is 1. The molecule has 3 aromatic rings. The molecule has 0 amide bonds. The molecule has 0 atom stereocenters. The van der Waals surface area contributed by atoms with Gasteiger partial charge < -0.3 is 14.6 Å². The van der Waals surface area contributed by atoms with Crippen LogP contribution in [0.4, 0.5) is 27.8 Å². The minimum Gasteiger partial charge on any atom is -0.493 e. The third kappa shape index (κ3) is 6.06. The summed E-state index contributed by atoms with van der Waals surface area (Å²) in [6.07, 6.45) is -0.382. The maximum Gasteiger partial charge on any atom is 0.394 e. The average Bonchev–Trinajstić information content (AvgIpc) is 3.39. The van der Waals surface area contributed by atoms with Gasteiger partial charge in [-0.05, 0) is 38.5 Å². The molecule has 1 saturated heterocycles. The Kier molecular flexibility index (Phi) is 7.08. The van der Waals surface area contributed by atoms with E-state index in [-0.39, 0.29) is 22.8 Å². The van der Waals surface area contributed by atoms with Crippen LogP contribution in [0, 0.1) is 24.5 Å². The Morgan fingerprint density at radius 1 is 1.12 bits per heavy atom. The van der Waals surface area contributed by atoms with Crippen LogP contribution in [0.3, 0.4) is 0 Å². The molecule has 1 aromatic carbocycles. The highest BCUT2D eigenvalue weighted by atomic mass is 19.4. The molecular formula is C23H26F5N5O. The van der Waals surface area contributed by atoms with Crippen molar-refractivity contribution in [1.29, 1.82) is 0 Å². The van der Waals surface area contributed by atoms with Crippen LogP contribution in [0.25, 0.3) is 11.4 Å². The van der Waals surface area contributed by atoms with Crippen molar-refractivity contribution in [3.8, 4) is 17.1 Å². The summed E-state index contributed by atoms with van der Waals surface area (Å²) < 4.78 is 71.9. The molecule has 184 valence electrons. The first-order chi connectivity index (χ1) is 16.2. The van der Waals surface area contributed by atoms with Gasteiger partial charge in [-0.2, -0.15) is 18.3 Å². The van der Waals surface area contributed by atoms with Gasteiger partial charge in [0, 0.05) is 48.9 Å². The zero-order valence-electron chi connectivity index (χ0n) is 18.7. The topological polar surface area (TPSA) is 69.8 Å². The lowest BCUT2D eigenvalue weighted by molar-refractivity contribution is -0.127. The molecule has 1 aliphatic rings. The lowest BCUT2D eigenvalue weighted by Gasteiger charge is -2.32. The predicted octanol–water partition coefficient (Wildman–Crippen LogP) is 5.57. The van der Waals surface area contributed by atoms with Gasteiger partial charge in [-0.1, -0.05) is 0 Å². The number of aromatic amines is 2. The Labute approximate surface area is 193 Å². The van der Waals surface area contributed by atoms with Gasteiger partial charge in [0.1, 0.15) is 23.2 Å². The molecule has 0 radical (unpaired) electrons. The first-order valence-corrected chi connectivity index (χ1v) is 11.2. The summed E-state index contributed by atoms with van der Waals surface area (Å²) in [6, 6.07) is 3.77. The fourth-order valence-corrected chi connectivity index (χ4v) is 4.23. The summed E-state index contributed by atoms with van der Waals surface area (Å²) in [5, 5.41) is 6.48. The Bertz CT molecular complexity index is 1080. The largest absolute Gasteiger partial charge is 0.493 e. The number of aromatic nitrogens is 4. The number of hydrogen-bond acceptors (Lipinski definition) is 4. The number of alkyl halides is 3. The van der Waals surface area contributed by atoms with Crippen LogP contribution >= 0.6 is 0 Å². The van der Waals surface area contributed by atoms with Crippen LogP contribution in [0.1, 0.15) is 37.1 Å². The van der Waals surface area contributed by atoms with E-state index in [0.717, 1.165) is 37.8 Å². The molecule has 0 bridgehead atoms. The normalized spacial score (nSPS) is 15.2. The first kappa shape index (κ1) is 24.0. The molecular weight excluding hydrogens is 457 g/mol. The number of anilines is 1. The molecule has 0 unspecified atom stereocenters. The van der Waals surface area contributed by atoms with E-state index in [2.05, 4.69) is 20.2 Å². The maximum absolute atomic E-state index is 14.4. The summed E-state index contributed by atoms with van der Waals surface area (Å²) in [5.74, 6) is -0.228. The van der Waals surface area contributed by atoms with E-state index in [4.69, 9.17) is 4.74 Å². The monoisotopic (exact) mass is 483 g/mol. The van der Waals surface area contributed by atoms with E-state index >= 15 is 0 Å². The number of hydrogen-bond donors (Lipinski definition) is 2. The summed E-state index contributed by atoms with van der Waals surface area (Å²) in [4.78, 5) is 8.78. The van der Waals surface area contributed by atoms with Gasteiger partial charge in [0.05, 0.1) is 18.6 Å². The van der Waals surface area contributed by atoms with Crippen molar-refractivity contribution < 1.29 is 26.7 Å². The standard InChI is InChI=1S/C23H26F5N5O/c1-14-13-29-22(30-14)21-18(24)10-17(11-19(21)25)34-8-2-3-15-4-6-33(7-5-15)20-9-16(31-32-20)12-23(26,27)28/h9-11,13,15H,2-8,12H2,1H3,(H,29,30)(H,31,32). The van der Waals surface area contributed by atoms with E-state index < -0.39 is 24.2 Å². The lowest BCUT2D eigenvalue weighted by atomic mass is 9.92. The first-order valence-electron chi connectivity index (χ1n) is 11.2. The highest BCUT2D eigenvalue weighted by Crippen LogP contribution is 2.29. The van der Waals surface area contributed by atoms with Crippen LogP contribution < -0.4 is 9.64 Å². The van der Waals surface area contributed by atoms with Gasteiger partial charge in [-0.25, -0.2) is 13.8 Å². The molecule has 6 nitrogen and oxygen atoms in total. The third-order valence-corrected chi connectivity index (χ3v) is 5.93. The van der Waals surface area contributed by atoms with Crippen molar-refractivity contribution in [2.24, 2.45) is 5.92 Å². The van der Waals surface area contributed by atoms with Gasteiger partial charge in [-0.3, -0.25) is 5.10 Å². The second kappa shape index (κ2) is 10.0. The van der Waals surface area contributed by atoms with E-state index in [1.807, 2.05) is 4.90 Å². The number of aryl methyl sites for hydroxylation is 1. The van der Waals surface area contributed by atoms with Crippen LogP contribution in [-0.2, 0) is 6.42 Å². The molecule has 0 saturated carbocycles. The van der Waals surface area contributed by atoms with Crippen LogP contribution in [0.15, 0.2) is 24.4 Å². The third-order valence-electron chi connectivity index (χ3n) is 5.93. The fraction of sp³-hybridized carbons (Fsp3) is 0.478. The number of ether oxygens (including phenoxy) is 1. The van der Waals surface area contributed by atoms with Crippen LogP contribution in [0.5, 0.6) is 5.75 Å². The number of imidazole rings is 1. The van der Waals surface area contributed by atoms with Crippen molar-refractivity contribution in [2.45, 2.75) is 45.2 Å². The van der Waals surface area contributed by atoms with E-state index in [1.54, 1.807) is 6.92 Å². The number of nitrogens with zero attached hydrogens (tertiary/aromatic N) is 3. The van der Waals surface area contributed by atoms with Gasteiger partial charge in [-0.15, -0.1) is 0 Å². The van der Waals surface area contributed by atoms with Crippen LogP contribution in [0.2, 0.25) is 0 Å². The van der Waals surface area contributed by atoms with E-state index in [9.17, 15) is 22.0 Å². The van der Waals surface area contributed by atoms with Crippen molar-refractivity contribution in [3.63, 3.8) is 0 Å². The zero-order chi connectivity index (χ0) is 24.3. The number of halogens is 5. The highest BCUT2D eigenvalue weighted by molar-refractivity contribution is 5.58. The summed E-state index contributed by atoms with van der Waals surface area (Å²) in [5.41, 5.74) is 0.548.